The van der Waals surface area contributed by atoms with Crippen LogP contribution in [0.3, 0.4) is 0 Å². The smallest absolute Gasteiger partial charge is 0.341 e. The summed E-state index contributed by atoms with van der Waals surface area (Å²) in [4.78, 5) is 25.9. The number of aldehydes is 1. The van der Waals surface area contributed by atoms with Gasteiger partial charge in [0, 0.05) is 11.9 Å². The van der Waals surface area contributed by atoms with E-state index in [0.717, 1.165) is 42.8 Å². The maximum Gasteiger partial charge on any atom is 0.341 e. The number of piperidine rings is 1. The van der Waals surface area contributed by atoms with E-state index in [1.807, 2.05) is 14.0 Å². The lowest BCUT2D eigenvalue weighted by Gasteiger charge is -2.30. The van der Waals surface area contributed by atoms with Gasteiger partial charge in [0.1, 0.15) is 11.3 Å². The highest BCUT2D eigenvalue weighted by atomic mass is 32.1. The SMILES string of the molecule is CCOC(=O)c1c(NC)sc2c1CCCC2.O=CCN1CCC(c2ccccc2)CC1. The lowest BCUT2D eigenvalue weighted by atomic mass is 9.89. The quantitative estimate of drug-likeness (QED) is 0.509. The first-order valence-corrected chi connectivity index (χ1v) is 12.2. The molecule has 2 aromatic rings. The van der Waals surface area contributed by atoms with E-state index in [0.29, 0.717) is 19.1 Å². The third-order valence-corrected chi connectivity index (χ3v) is 7.38. The molecule has 1 fully saturated rings. The number of benzene rings is 1. The third kappa shape index (κ3) is 6.17. The number of thiophene rings is 1. The van der Waals surface area contributed by atoms with Crippen molar-refractivity contribution in [2.24, 2.45) is 0 Å². The van der Waals surface area contributed by atoms with Crippen LogP contribution in [0.25, 0.3) is 0 Å². The molecule has 0 radical (unpaired) electrons. The maximum absolute atomic E-state index is 11.9. The van der Waals surface area contributed by atoms with Gasteiger partial charge in [-0.2, -0.15) is 0 Å². The van der Waals surface area contributed by atoms with Crippen molar-refractivity contribution < 1.29 is 14.3 Å². The van der Waals surface area contributed by atoms with Gasteiger partial charge >= 0.3 is 5.97 Å². The van der Waals surface area contributed by atoms with Crippen molar-refractivity contribution in [3.63, 3.8) is 0 Å². The number of fused-ring (bicyclic) bond motifs is 1. The molecule has 1 aliphatic heterocycles. The van der Waals surface area contributed by atoms with Crippen molar-refractivity contribution in [3.8, 4) is 0 Å². The summed E-state index contributed by atoms with van der Waals surface area (Å²) in [6.45, 7) is 4.99. The van der Waals surface area contributed by atoms with Crippen molar-refractivity contribution in [2.45, 2.75) is 51.4 Å². The summed E-state index contributed by atoms with van der Waals surface area (Å²) in [6.07, 6.45) is 7.90. The fraction of sp³-hybridized carbons (Fsp3) is 0.520. The summed E-state index contributed by atoms with van der Waals surface area (Å²) in [5, 5.41) is 4.07. The first-order valence-electron chi connectivity index (χ1n) is 11.4. The van der Waals surface area contributed by atoms with Gasteiger partial charge in [0.2, 0.25) is 0 Å². The van der Waals surface area contributed by atoms with E-state index in [4.69, 9.17) is 4.74 Å². The molecule has 0 saturated carbocycles. The molecule has 4 rings (SSSR count). The summed E-state index contributed by atoms with van der Waals surface area (Å²) in [6, 6.07) is 10.7. The number of rotatable bonds is 6. The molecule has 168 valence electrons. The van der Waals surface area contributed by atoms with Gasteiger partial charge in [-0.25, -0.2) is 4.79 Å². The fourth-order valence-corrected chi connectivity index (χ4v) is 5.67. The molecular formula is C25H34N2O3S. The van der Waals surface area contributed by atoms with Crippen LogP contribution in [-0.4, -0.2) is 50.4 Å². The van der Waals surface area contributed by atoms with Crippen molar-refractivity contribution >= 4 is 28.6 Å². The largest absolute Gasteiger partial charge is 0.462 e. The standard InChI is InChI=1S/C13H17NO.C12H17NO2S/c15-11-10-14-8-6-13(7-9-14)12-4-2-1-3-5-12;1-3-15-12(14)10-8-6-4-5-7-9(8)16-11(10)13-2/h1-5,11,13H,6-10H2;13H,3-7H2,1-2H3. The molecule has 2 heterocycles. The highest BCUT2D eigenvalue weighted by Gasteiger charge is 2.25. The normalized spacial score (nSPS) is 16.6. The van der Waals surface area contributed by atoms with Crippen molar-refractivity contribution in [1.29, 1.82) is 0 Å². The molecule has 6 heteroatoms. The third-order valence-electron chi connectivity index (χ3n) is 6.07. The fourth-order valence-electron chi connectivity index (χ4n) is 4.44. The average Bonchev–Trinajstić information content (AvgIpc) is 3.20. The molecule has 0 atom stereocenters. The van der Waals surface area contributed by atoms with Gasteiger partial charge in [-0.1, -0.05) is 30.3 Å². The number of nitrogens with zero attached hydrogens (tertiary/aromatic N) is 1. The van der Waals surface area contributed by atoms with E-state index in [9.17, 15) is 9.59 Å². The van der Waals surface area contributed by atoms with E-state index in [2.05, 4.69) is 40.5 Å². The van der Waals surface area contributed by atoms with Crippen LogP contribution in [-0.2, 0) is 22.4 Å². The Morgan fingerprint density at radius 3 is 2.55 bits per heavy atom. The lowest BCUT2D eigenvalue weighted by molar-refractivity contribution is -0.109. The van der Waals surface area contributed by atoms with Crippen LogP contribution < -0.4 is 5.32 Å². The summed E-state index contributed by atoms with van der Waals surface area (Å²) in [7, 11) is 1.86. The molecule has 31 heavy (non-hydrogen) atoms. The Morgan fingerprint density at radius 2 is 1.90 bits per heavy atom. The van der Waals surface area contributed by atoms with Crippen molar-refractivity contribution in [1.82, 2.24) is 4.90 Å². The second kappa shape index (κ2) is 12.0. The summed E-state index contributed by atoms with van der Waals surface area (Å²) >= 11 is 1.70. The van der Waals surface area contributed by atoms with Crippen LogP contribution in [0.1, 0.15) is 64.9 Å². The number of ether oxygens (including phenoxy) is 1. The number of hydrogen-bond acceptors (Lipinski definition) is 6. The van der Waals surface area contributed by atoms with E-state index >= 15 is 0 Å². The van der Waals surface area contributed by atoms with Crippen LogP contribution in [0.4, 0.5) is 5.00 Å². The number of carbonyl (C=O) groups excluding carboxylic acids is 2. The Labute approximate surface area is 189 Å². The van der Waals surface area contributed by atoms with Gasteiger partial charge in [0.25, 0.3) is 0 Å². The van der Waals surface area contributed by atoms with Gasteiger partial charge in [-0.15, -0.1) is 11.3 Å². The van der Waals surface area contributed by atoms with Crippen LogP contribution in [0.5, 0.6) is 0 Å². The Hall–Kier alpha value is -2.18. The Morgan fingerprint density at radius 1 is 1.19 bits per heavy atom. The van der Waals surface area contributed by atoms with Crippen molar-refractivity contribution in [3.05, 3.63) is 51.9 Å². The van der Waals surface area contributed by atoms with Crippen LogP contribution in [0, 0.1) is 0 Å². The summed E-state index contributed by atoms with van der Waals surface area (Å²) in [5.41, 5.74) is 3.45. The molecule has 0 bridgehead atoms. The zero-order valence-electron chi connectivity index (χ0n) is 18.7. The second-order valence-electron chi connectivity index (χ2n) is 8.04. The molecule has 2 aliphatic rings. The Bertz CT molecular complexity index is 842. The van der Waals surface area contributed by atoms with Gasteiger partial charge in [-0.3, -0.25) is 4.90 Å². The molecule has 0 unspecified atom stereocenters. The van der Waals surface area contributed by atoms with E-state index in [1.54, 1.807) is 11.3 Å². The summed E-state index contributed by atoms with van der Waals surface area (Å²) in [5.74, 6) is 0.514. The number of anilines is 1. The van der Waals surface area contributed by atoms with E-state index in [1.165, 1.54) is 41.7 Å². The monoisotopic (exact) mass is 442 g/mol. The predicted molar refractivity (Wildman–Crippen MR) is 127 cm³/mol. The summed E-state index contributed by atoms with van der Waals surface area (Å²) < 4.78 is 5.12. The maximum atomic E-state index is 11.9. The Kier molecular flexibility index (Phi) is 9.10. The highest BCUT2D eigenvalue weighted by molar-refractivity contribution is 7.16. The Balaban J connectivity index is 0.000000176. The van der Waals surface area contributed by atoms with E-state index < -0.39 is 0 Å². The first kappa shape index (κ1) is 23.5. The molecule has 1 aromatic carbocycles. The van der Waals surface area contributed by atoms with Crippen molar-refractivity contribution in [2.75, 3.05) is 38.6 Å². The van der Waals surface area contributed by atoms with E-state index in [-0.39, 0.29) is 5.97 Å². The molecule has 0 amide bonds. The van der Waals surface area contributed by atoms with Crippen LogP contribution in [0.2, 0.25) is 0 Å². The molecular weight excluding hydrogens is 408 g/mol. The zero-order valence-corrected chi connectivity index (χ0v) is 19.5. The number of carbonyl (C=O) groups is 2. The number of esters is 1. The minimum absolute atomic E-state index is 0.175. The molecule has 1 saturated heterocycles. The molecule has 1 aliphatic carbocycles. The van der Waals surface area contributed by atoms with Gasteiger partial charge in [-0.05, 0) is 75.6 Å². The lowest BCUT2D eigenvalue weighted by Crippen LogP contribution is -2.34. The highest BCUT2D eigenvalue weighted by Crippen LogP contribution is 2.38. The van der Waals surface area contributed by atoms with Gasteiger partial charge < -0.3 is 14.8 Å². The molecule has 1 aromatic heterocycles. The molecule has 0 spiro atoms. The minimum Gasteiger partial charge on any atom is -0.462 e. The van der Waals surface area contributed by atoms with Gasteiger partial charge in [0.05, 0.1) is 18.7 Å². The topological polar surface area (TPSA) is 58.6 Å². The molecule has 1 N–H and O–H groups in total. The first-order chi connectivity index (χ1) is 15.2. The van der Waals surface area contributed by atoms with Gasteiger partial charge in [0.15, 0.2) is 0 Å². The number of aryl methyl sites for hydroxylation is 1. The zero-order chi connectivity index (χ0) is 22.1. The predicted octanol–water partition coefficient (Wildman–Crippen LogP) is 4.91. The average molecular weight is 443 g/mol. The minimum atomic E-state index is -0.175. The number of nitrogens with one attached hydrogen (secondary N) is 1. The van der Waals surface area contributed by atoms with Crippen LogP contribution in [0.15, 0.2) is 30.3 Å². The van der Waals surface area contributed by atoms with Crippen LogP contribution >= 0.6 is 11.3 Å². The number of likely N-dealkylation sites (tertiary alicyclic amines) is 1. The molecule has 5 nitrogen and oxygen atoms in total. The number of hydrogen-bond donors (Lipinski definition) is 1. The second-order valence-corrected chi connectivity index (χ2v) is 9.14.